The highest BCUT2D eigenvalue weighted by molar-refractivity contribution is 7.89. The third-order valence-corrected chi connectivity index (χ3v) is 5.32. The lowest BCUT2D eigenvalue weighted by molar-refractivity contribution is 0.441. The quantitative estimate of drug-likeness (QED) is 0.889. The first-order valence-corrected chi connectivity index (χ1v) is 8.22. The zero-order valence-electron chi connectivity index (χ0n) is 12.2. The van der Waals surface area contributed by atoms with E-state index in [0.717, 1.165) is 5.56 Å². The van der Waals surface area contributed by atoms with Crippen LogP contribution in [0, 0.1) is 6.92 Å². The van der Waals surface area contributed by atoms with Gasteiger partial charge in [0.1, 0.15) is 0 Å². The van der Waals surface area contributed by atoms with Crippen molar-refractivity contribution in [3.8, 4) is 0 Å². The number of sulfonamides is 1. The average molecular weight is 304 g/mol. The number of rotatable bonds is 5. The van der Waals surface area contributed by atoms with Crippen LogP contribution in [0.5, 0.6) is 0 Å². The van der Waals surface area contributed by atoms with Gasteiger partial charge in [-0.1, -0.05) is 48.5 Å². The van der Waals surface area contributed by atoms with Crippen molar-refractivity contribution in [3.05, 3.63) is 65.7 Å². The molecule has 0 saturated heterocycles. The van der Waals surface area contributed by atoms with Crippen LogP contribution < -0.4 is 10.5 Å². The number of nitrogens with one attached hydrogen (secondary N) is 1. The summed E-state index contributed by atoms with van der Waals surface area (Å²) in [5, 5.41) is 0. The molecule has 2 aromatic carbocycles. The minimum Gasteiger partial charge on any atom is -0.328 e. The Morgan fingerprint density at radius 1 is 1.05 bits per heavy atom. The molecule has 5 heteroatoms. The van der Waals surface area contributed by atoms with E-state index in [1.54, 1.807) is 32.0 Å². The third kappa shape index (κ3) is 3.32. The van der Waals surface area contributed by atoms with Gasteiger partial charge in [-0.05, 0) is 31.0 Å². The standard InChI is InChI=1S/C16H20N2O2S/c1-13-8-6-7-11-15(13)21(19,20)18-16(2,12-17)14-9-4-3-5-10-14/h3-11,18H,12,17H2,1-2H3. The van der Waals surface area contributed by atoms with E-state index >= 15 is 0 Å². The van der Waals surface area contributed by atoms with E-state index in [4.69, 9.17) is 5.73 Å². The highest BCUT2D eigenvalue weighted by Crippen LogP contribution is 2.23. The Morgan fingerprint density at radius 3 is 2.19 bits per heavy atom. The molecule has 0 aliphatic rings. The van der Waals surface area contributed by atoms with Gasteiger partial charge >= 0.3 is 0 Å². The van der Waals surface area contributed by atoms with Gasteiger partial charge in [0.25, 0.3) is 0 Å². The van der Waals surface area contributed by atoms with E-state index in [9.17, 15) is 8.42 Å². The van der Waals surface area contributed by atoms with Crippen LogP contribution in [0.4, 0.5) is 0 Å². The minimum absolute atomic E-state index is 0.169. The van der Waals surface area contributed by atoms with E-state index < -0.39 is 15.6 Å². The summed E-state index contributed by atoms with van der Waals surface area (Å²) >= 11 is 0. The van der Waals surface area contributed by atoms with Gasteiger partial charge in [0.2, 0.25) is 10.0 Å². The number of aryl methyl sites for hydroxylation is 1. The Bertz CT molecular complexity index is 714. The van der Waals surface area contributed by atoms with Gasteiger partial charge in [-0.25, -0.2) is 8.42 Å². The summed E-state index contributed by atoms with van der Waals surface area (Å²) in [6, 6.07) is 16.3. The lowest BCUT2D eigenvalue weighted by Crippen LogP contribution is -2.48. The second kappa shape index (κ2) is 5.97. The summed E-state index contributed by atoms with van der Waals surface area (Å²) in [5.74, 6) is 0. The zero-order chi connectivity index (χ0) is 15.5. The molecule has 0 amide bonds. The Kier molecular flexibility index (Phi) is 4.46. The van der Waals surface area contributed by atoms with Gasteiger partial charge in [-0.3, -0.25) is 0 Å². The third-order valence-electron chi connectivity index (χ3n) is 3.56. The van der Waals surface area contributed by atoms with Crippen molar-refractivity contribution in [2.45, 2.75) is 24.3 Å². The molecule has 0 spiro atoms. The molecule has 0 saturated carbocycles. The topological polar surface area (TPSA) is 72.2 Å². The zero-order valence-corrected chi connectivity index (χ0v) is 13.0. The van der Waals surface area contributed by atoms with Crippen LogP contribution in [0.15, 0.2) is 59.5 Å². The Hall–Kier alpha value is -1.69. The monoisotopic (exact) mass is 304 g/mol. The summed E-state index contributed by atoms with van der Waals surface area (Å²) < 4.78 is 28.0. The van der Waals surface area contributed by atoms with Crippen molar-refractivity contribution in [1.82, 2.24) is 4.72 Å². The normalized spacial score (nSPS) is 14.6. The van der Waals surface area contributed by atoms with Gasteiger partial charge in [0.15, 0.2) is 0 Å². The largest absolute Gasteiger partial charge is 0.328 e. The van der Waals surface area contributed by atoms with Gasteiger partial charge in [-0.15, -0.1) is 0 Å². The van der Waals surface area contributed by atoms with E-state index in [2.05, 4.69) is 4.72 Å². The maximum atomic E-state index is 12.6. The molecule has 0 bridgehead atoms. The Morgan fingerprint density at radius 2 is 1.62 bits per heavy atom. The molecule has 0 aromatic heterocycles. The van der Waals surface area contributed by atoms with Gasteiger partial charge in [-0.2, -0.15) is 4.72 Å². The van der Waals surface area contributed by atoms with Crippen LogP contribution >= 0.6 is 0 Å². The van der Waals surface area contributed by atoms with Crippen molar-refractivity contribution < 1.29 is 8.42 Å². The van der Waals surface area contributed by atoms with Crippen LogP contribution in [0.25, 0.3) is 0 Å². The van der Waals surface area contributed by atoms with Gasteiger partial charge in [0.05, 0.1) is 10.4 Å². The number of hydrogen-bond donors (Lipinski definition) is 2. The predicted molar refractivity (Wildman–Crippen MR) is 84.3 cm³/mol. The second-order valence-electron chi connectivity index (χ2n) is 5.27. The maximum absolute atomic E-state index is 12.6. The smallest absolute Gasteiger partial charge is 0.241 e. The van der Waals surface area contributed by atoms with E-state index in [1.807, 2.05) is 36.4 Å². The highest BCUT2D eigenvalue weighted by atomic mass is 32.2. The lowest BCUT2D eigenvalue weighted by Gasteiger charge is -2.30. The first-order valence-electron chi connectivity index (χ1n) is 6.74. The molecule has 112 valence electrons. The molecule has 0 radical (unpaired) electrons. The first-order chi connectivity index (χ1) is 9.89. The molecule has 2 rings (SSSR count). The molecule has 0 aliphatic heterocycles. The number of benzene rings is 2. The highest BCUT2D eigenvalue weighted by Gasteiger charge is 2.31. The predicted octanol–water partition coefficient (Wildman–Crippen LogP) is 2.15. The van der Waals surface area contributed by atoms with Crippen molar-refractivity contribution >= 4 is 10.0 Å². The Balaban J connectivity index is 2.41. The van der Waals surface area contributed by atoms with Crippen molar-refractivity contribution in [3.63, 3.8) is 0 Å². The van der Waals surface area contributed by atoms with Crippen LogP contribution in [-0.2, 0) is 15.6 Å². The van der Waals surface area contributed by atoms with E-state index in [0.29, 0.717) is 5.56 Å². The van der Waals surface area contributed by atoms with Crippen molar-refractivity contribution in [2.75, 3.05) is 6.54 Å². The first kappa shape index (κ1) is 15.7. The molecule has 2 aromatic rings. The van der Waals surface area contributed by atoms with Crippen LogP contribution in [0.2, 0.25) is 0 Å². The van der Waals surface area contributed by atoms with Gasteiger partial charge in [0, 0.05) is 6.54 Å². The van der Waals surface area contributed by atoms with E-state index in [-0.39, 0.29) is 11.4 Å². The average Bonchev–Trinajstić information content (AvgIpc) is 2.48. The fourth-order valence-corrected chi connectivity index (χ4v) is 3.89. The Labute approximate surface area is 126 Å². The number of hydrogen-bond acceptors (Lipinski definition) is 3. The second-order valence-corrected chi connectivity index (χ2v) is 6.92. The molecule has 0 aliphatic carbocycles. The van der Waals surface area contributed by atoms with Crippen molar-refractivity contribution in [1.29, 1.82) is 0 Å². The van der Waals surface area contributed by atoms with Crippen LogP contribution in [-0.4, -0.2) is 15.0 Å². The van der Waals surface area contributed by atoms with Crippen molar-refractivity contribution in [2.24, 2.45) is 5.73 Å². The summed E-state index contributed by atoms with van der Waals surface area (Å²) in [5.41, 5.74) is 6.53. The molecule has 4 nitrogen and oxygen atoms in total. The molecular formula is C16H20N2O2S. The maximum Gasteiger partial charge on any atom is 0.241 e. The molecule has 21 heavy (non-hydrogen) atoms. The fourth-order valence-electron chi connectivity index (χ4n) is 2.23. The minimum atomic E-state index is -3.64. The molecule has 1 unspecified atom stereocenters. The van der Waals surface area contributed by atoms with E-state index in [1.165, 1.54) is 0 Å². The summed E-state index contributed by atoms with van der Waals surface area (Å²) in [4.78, 5) is 0.278. The molecule has 1 atom stereocenters. The number of nitrogens with two attached hydrogens (primary N) is 1. The van der Waals surface area contributed by atoms with Crippen LogP contribution in [0.3, 0.4) is 0 Å². The molecule has 0 fully saturated rings. The summed E-state index contributed by atoms with van der Waals surface area (Å²) in [6.07, 6.45) is 0. The fraction of sp³-hybridized carbons (Fsp3) is 0.250. The van der Waals surface area contributed by atoms with Gasteiger partial charge < -0.3 is 5.73 Å². The molecule has 0 heterocycles. The summed E-state index contributed by atoms with van der Waals surface area (Å²) in [6.45, 7) is 3.73. The summed E-state index contributed by atoms with van der Waals surface area (Å²) in [7, 11) is -3.64. The SMILES string of the molecule is Cc1ccccc1S(=O)(=O)NC(C)(CN)c1ccccc1. The lowest BCUT2D eigenvalue weighted by atomic mass is 9.94. The molecule has 3 N–H and O–H groups in total. The molecular weight excluding hydrogens is 284 g/mol. The van der Waals surface area contributed by atoms with Crippen LogP contribution in [0.1, 0.15) is 18.1 Å².